The smallest absolute Gasteiger partial charge is 0.331 e. The summed E-state index contributed by atoms with van der Waals surface area (Å²) < 4.78 is 2.03. The normalized spacial score (nSPS) is 18.9. The zero-order valence-electron chi connectivity index (χ0n) is 13.8. The largest absolute Gasteiger partial charge is 0.339 e. The fourth-order valence-electron chi connectivity index (χ4n) is 3.44. The van der Waals surface area contributed by atoms with Crippen molar-refractivity contribution in [1.29, 1.82) is 0 Å². The average molecular weight is 339 g/mol. The van der Waals surface area contributed by atoms with E-state index in [9.17, 15) is 14.4 Å². The van der Waals surface area contributed by atoms with Gasteiger partial charge in [0.1, 0.15) is 5.82 Å². The molecule has 2 aromatic rings. The van der Waals surface area contributed by atoms with Gasteiger partial charge in [-0.25, -0.2) is 9.78 Å². The number of imide groups is 1. The van der Waals surface area contributed by atoms with E-state index in [0.29, 0.717) is 11.0 Å². The predicted octanol–water partition coefficient (Wildman–Crippen LogP) is 2.08. The molecule has 1 unspecified atom stereocenters. The summed E-state index contributed by atoms with van der Waals surface area (Å²) in [5, 5.41) is 0.545. The fourth-order valence-corrected chi connectivity index (χ4v) is 3.44. The van der Waals surface area contributed by atoms with E-state index in [1.807, 2.05) is 4.57 Å². The Bertz CT molecular complexity index is 851. The van der Waals surface area contributed by atoms with E-state index in [1.54, 1.807) is 18.3 Å². The van der Waals surface area contributed by atoms with Gasteiger partial charge < -0.3 is 9.40 Å². The molecule has 0 radical (unpaired) electrons. The second-order valence-electron chi connectivity index (χ2n) is 6.39. The van der Waals surface area contributed by atoms with E-state index in [1.165, 1.54) is 12.1 Å². The van der Waals surface area contributed by atoms with Gasteiger partial charge in [0.25, 0.3) is 11.8 Å². The van der Waals surface area contributed by atoms with Crippen molar-refractivity contribution >= 4 is 17.8 Å². The van der Waals surface area contributed by atoms with Gasteiger partial charge in [-0.3, -0.25) is 9.59 Å². The Labute approximate surface area is 144 Å². The number of benzene rings is 1. The summed E-state index contributed by atoms with van der Waals surface area (Å²) in [4.78, 5) is 46.2. The van der Waals surface area contributed by atoms with Crippen LogP contribution in [0.1, 0.15) is 57.9 Å². The van der Waals surface area contributed by atoms with Crippen molar-refractivity contribution in [1.82, 2.24) is 14.6 Å². The van der Waals surface area contributed by atoms with Crippen molar-refractivity contribution in [3.8, 4) is 0 Å². The number of carbonyl (C=O) groups is 3. The fraction of sp³-hybridized carbons (Fsp3) is 0.333. The molecule has 128 valence electrons. The number of hydrogen-bond acceptors (Lipinski definition) is 5. The molecule has 0 spiro atoms. The van der Waals surface area contributed by atoms with Crippen LogP contribution in [0.4, 0.5) is 0 Å². The molecule has 2 aliphatic heterocycles. The maximum Gasteiger partial charge on any atom is 0.339 e. The Morgan fingerprint density at radius 2 is 1.92 bits per heavy atom. The summed E-state index contributed by atoms with van der Waals surface area (Å²) in [6.07, 6.45) is 3.74. The lowest BCUT2D eigenvalue weighted by Gasteiger charge is -2.21. The zero-order valence-corrected chi connectivity index (χ0v) is 13.8. The molecule has 0 bridgehead atoms. The summed E-state index contributed by atoms with van der Waals surface area (Å²) in [6, 6.07) is 6.40. The lowest BCUT2D eigenvalue weighted by molar-refractivity contribution is -0.167. The summed E-state index contributed by atoms with van der Waals surface area (Å²) in [5.74, 6) is -0.559. The number of rotatable bonds is 3. The minimum atomic E-state index is -0.657. The van der Waals surface area contributed by atoms with Crippen LogP contribution in [0.3, 0.4) is 0 Å². The molecule has 2 amide bonds. The molecule has 0 fully saturated rings. The quantitative estimate of drug-likeness (QED) is 0.800. The van der Waals surface area contributed by atoms with Gasteiger partial charge in [-0.05, 0) is 25.0 Å². The highest BCUT2D eigenvalue weighted by Crippen LogP contribution is 2.27. The second kappa shape index (κ2) is 5.84. The Balaban J connectivity index is 1.49. The number of aromatic nitrogens is 2. The number of nitrogens with zero attached hydrogens (tertiary/aromatic N) is 3. The van der Waals surface area contributed by atoms with Crippen LogP contribution in [0.25, 0.3) is 0 Å². The maximum atomic E-state index is 12.3. The molecule has 3 heterocycles. The number of hydroxylamine groups is 2. The van der Waals surface area contributed by atoms with E-state index < -0.39 is 17.8 Å². The third-order valence-electron chi connectivity index (χ3n) is 4.70. The molecule has 0 aliphatic carbocycles. The van der Waals surface area contributed by atoms with Gasteiger partial charge >= 0.3 is 5.97 Å². The lowest BCUT2D eigenvalue weighted by atomic mass is 10.0. The van der Waals surface area contributed by atoms with E-state index in [4.69, 9.17) is 4.84 Å². The molecule has 1 aromatic heterocycles. The molecule has 4 rings (SSSR count). The zero-order chi connectivity index (χ0) is 17.6. The van der Waals surface area contributed by atoms with Crippen LogP contribution in [0.5, 0.6) is 0 Å². The summed E-state index contributed by atoms with van der Waals surface area (Å²) in [6.45, 7) is 2.92. The molecular formula is C18H17N3O4. The van der Waals surface area contributed by atoms with Crippen molar-refractivity contribution in [2.75, 3.05) is 0 Å². The van der Waals surface area contributed by atoms with Gasteiger partial charge in [-0.1, -0.05) is 24.1 Å². The van der Waals surface area contributed by atoms with Crippen molar-refractivity contribution < 1.29 is 19.2 Å². The van der Waals surface area contributed by atoms with Gasteiger partial charge in [0.2, 0.25) is 0 Å². The second-order valence-corrected chi connectivity index (χ2v) is 6.39. The van der Waals surface area contributed by atoms with Crippen LogP contribution in [0, 0.1) is 0 Å². The van der Waals surface area contributed by atoms with Crippen LogP contribution < -0.4 is 0 Å². The predicted molar refractivity (Wildman–Crippen MR) is 86.6 cm³/mol. The van der Waals surface area contributed by atoms with Crippen molar-refractivity contribution in [2.24, 2.45) is 0 Å². The van der Waals surface area contributed by atoms with Gasteiger partial charge in [-0.2, -0.15) is 0 Å². The van der Waals surface area contributed by atoms with E-state index in [2.05, 4.69) is 11.9 Å². The van der Waals surface area contributed by atoms with Gasteiger partial charge in [0.05, 0.1) is 17.5 Å². The highest BCUT2D eigenvalue weighted by atomic mass is 16.7. The molecular weight excluding hydrogens is 322 g/mol. The van der Waals surface area contributed by atoms with Crippen molar-refractivity contribution in [3.63, 3.8) is 0 Å². The Kier molecular flexibility index (Phi) is 3.63. The van der Waals surface area contributed by atoms with E-state index >= 15 is 0 Å². The lowest BCUT2D eigenvalue weighted by Crippen LogP contribution is -2.33. The molecule has 1 aromatic carbocycles. The Hall–Kier alpha value is -2.96. The highest BCUT2D eigenvalue weighted by Gasteiger charge is 2.38. The summed E-state index contributed by atoms with van der Waals surface area (Å²) in [5.41, 5.74) is 1.23. The first kappa shape index (κ1) is 15.6. The molecule has 7 nitrogen and oxygen atoms in total. The van der Waals surface area contributed by atoms with Gasteiger partial charge in [0.15, 0.2) is 0 Å². The van der Waals surface area contributed by atoms with Crippen molar-refractivity contribution in [2.45, 2.75) is 38.6 Å². The molecule has 0 N–H and O–H groups in total. The minimum absolute atomic E-state index is 0.0346. The Morgan fingerprint density at radius 3 is 2.60 bits per heavy atom. The summed E-state index contributed by atoms with van der Waals surface area (Å²) in [7, 11) is 0. The van der Waals surface area contributed by atoms with Crippen LogP contribution in [-0.4, -0.2) is 32.4 Å². The SMILES string of the molecule is CC1CCCn2c(CC(=O)ON3C(=O)c4ccccc4C3=O)cnc21. The van der Waals surface area contributed by atoms with Crippen LogP contribution in [-0.2, 0) is 22.6 Å². The minimum Gasteiger partial charge on any atom is -0.331 e. The third kappa shape index (κ3) is 2.52. The first-order chi connectivity index (χ1) is 12.1. The molecule has 25 heavy (non-hydrogen) atoms. The first-order valence-corrected chi connectivity index (χ1v) is 8.29. The first-order valence-electron chi connectivity index (χ1n) is 8.29. The van der Waals surface area contributed by atoms with E-state index in [-0.39, 0.29) is 17.5 Å². The molecule has 0 saturated carbocycles. The topological polar surface area (TPSA) is 81.5 Å². The van der Waals surface area contributed by atoms with Crippen LogP contribution in [0.2, 0.25) is 0 Å². The number of fused-ring (bicyclic) bond motifs is 2. The molecule has 0 saturated heterocycles. The number of imidazole rings is 1. The molecule has 1 atom stereocenters. The molecule has 7 heteroatoms. The third-order valence-corrected chi connectivity index (χ3v) is 4.70. The molecule has 2 aliphatic rings. The van der Waals surface area contributed by atoms with Crippen molar-refractivity contribution in [3.05, 3.63) is 53.1 Å². The highest BCUT2D eigenvalue weighted by molar-refractivity contribution is 6.20. The summed E-state index contributed by atoms with van der Waals surface area (Å²) >= 11 is 0. The standard InChI is InChI=1S/C18H17N3O4/c1-11-5-4-8-20-12(10-19-16(11)20)9-15(22)25-21-17(23)13-6-2-3-7-14(13)18(21)24/h2-3,6-7,10-11H,4-5,8-9H2,1H3. The number of amides is 2. The van der Waals surface area contributed by atoms with E-state index in [0.717, 1.165) is 30.9 Å². The average Bonchev–Trinajstić information content (AvgIpc) is 3.12. The maximum absolute atomic E-state index is 12.3. The van der Waals surface area contributed by atoms with Crippen LogP contribution >= 0.6 is 0 Å². The Morgan fingerprint density at radius 1 is 1.24 bits per heavy atom. The van der Waals surface area contributed by atoms with Gasteiger partial charge in [-0.15, -0.1) is 0 Å². The number of hydrogen-bond donors (Lipinski definition) is 0. The monoisotopic (exact) mass is 339 g/mol. The van der Waals surface area contributed by atoms with Gasteiger partial charge in [0, 0.05) is 24.4 Å². The number of carbonyl (C=O) groups excluding carboxylic acids is 3. The van der Waals surface area contributed by atoms with Crippen LogP contribution in [0.15, 0.2) is 30.5 Å².